The lowest BCUT2D eigenvalue weighted by atomic mass is 9.90. The summed E-state index contributed by atoms with van der Waals surface area (Å²) >= 11 is 1.18. The van der Waals surface area contributed by atoms with Gasteiger partial charge in [-0.25, -0.2) is 4.98 Å². The monoisotopic (exact) mass is 688 g/mol. The first-order valence-electron chi connectivity index (χ1n) is 16.3. The molecule has 0 bridgehead atoms. The number of non-ortho nitro benzene ring substituents is 1. The van der Waals surface area contributed by atoms with Gasteiger partial charge in [-0.15, -0.1) is 11.3 Å². The Hall–Kier alpha value is -5.18. The number of carbonyl (C=O) groups is 4. The van der Waals surface area contributed by atoms with Crippen LogP contribution in [0.2, 0.25) is 0 Å². The number of piperazine rings is 1. The molecule has 3 heterocycles. The minimum Gasteiger partial charge on any atom is -0.370 e. The van der Waals surface area contributed by atoms with Crippen LogP contribution in [-0.2, 0) is 27.2 Å². The van der Waals surface area contributed by atoms with Gasteiger partial charge in [0.15, 0.2) is 11.0 Å². The molecule has 2 aromatic carbocycles. The summed E-state index contributed by atoms with van der Waals surface area (Å²) in [5.41, 5.74) is 7.44. The lowest BCUT2D eigenvalue weighted by molar-refractivity contribution is -0.384. The zero-order chi connectivity index (χ0) is 34.9. The number of hydrogen-bond donors (Lipinski definition) is 3. The summed E-state index contributed by atoms with van der Waals surface area (Å²) in [6.07, 6.45) is 4.76. The van der Waals surface area contributed by atoms with Gasteiger partial charge in [0.1, 0.15) is 12.6 Å². The molecule has 3 atom stereocenters. The second-order valence-corrected chi connectivity index (χ2v) is 13.3. The zero-order valence-corrected chi connectivity index (χ0v) is 27.8. The number of nitrogens with two attached hydrogens (primary N) is 1. The van der Waals surface area contributed by atoms with Gasteiger partial charge in [0, 0.05) is 49.8 Å². The number of carbonyl (C=O) groups excluding carboxylic acids is 4. The van der Waals surface area contributed by atoms with Crippen molar-refractivity contribution in [3.8, 4) is 0 Å². The summed E-state index contributed by atoms with van der Waals surface area (Å²) in [6.45, 7) is 0.860. The largest absolute Gasteiger partial charge is 0.370 e. The van der Waals surface area contributed by atoms with E-state index < -0.39 is 29.5 Å². The van der Waals surface area contributed by atoms with Crippen molar-refractivity contribution in [2.75, 3.05) is 32.7 Å². The SMILES string of the molecule is N=C(N)N1CCC[C@@H](C[C@H](NC(=O)CN2C(=O)CN(CCCc3ccc([N+](=O)[O-])cc3)C(=O)[C@H]2Cc2ccccc2)C(=O)c2nccs2)C1. The quantitative estimate of drug-likeness (QED) is 0.0750. The number of aryl methyl sites for hydroxylation is 1. The van der Waals surface area contributed by atoms with Crippen LogP contribution in [0, 0.1) is 21.4 Å². The maximum Gasteiger partial charge on any atom is 0.269 e. The average molecular weight is 689 g/mol. The van der Waals surface area contributed by atoms with E-state index in [0.717, 1.165) is 24.0 Å². The standard InChI is InChI=1S/C34H40N8O6S/c35-34(36)40-16-5-9-25(20-40)18-27(31(45)32-37-14-17-49-32)38-29(43)21-41-28(19-24-6-2-1-3-7-24)33(46)39(22-30(41)44)15-4-8-23-10-12-26(13-11-23)42(47)48/h1-3,6-7,10-14,17,25,27-28H,4-5,8-9,15-16,18-22H2,(H3,35,36)(H,38,43)/t25-,27-,28+/m0/s1. The second kappa shape index (κ2) is 16.3. The van der Waals surface area contributed by atoms with Gasteiger partial charge in [-0.2, -0.15) is 0 Å². The fourth-order valence-corrected chi connectivity index (χ4v) is 7.09. The first-order valence-corrected chi connectivity index (χ1v) is 17.1. The van der Waals surface area contributed by atoms with Crippen LogP contribution in [0.5, 0.6) is 0 Å². The summed E-state index contributed by atoms with van der Waals surface area (Å²) in [5.74, 6) is -1.57. The van der Waals surface area contributed by atoms with Crippen molar-refractivity contribution in [3.05, 3.63) is 92.4 Å². The predicted molar refractivity (Wildman–Crippen MR) is 183 cm³/mol. The molecule has 0 unspecified atom stereocenters. The number of amides is 3. The molecular weight excluding hydrogens is 648 g/mol. The third-order valence-corrected chi connectivity index (χ3v) is 9.76. The summed E-state index contributed by atoms with van der Waals surface area (Å²) in [7, 11) is 0. The first-order chi connectivity index (χ1) is 23.6. The molecule has 4 N–H and O–H groups in total. The number of guanidine groups is 1. The number of hydrogen-bond acceptors (Lipinski definition) is 9. The molecule has 3 amide bonds. The van der Waals surface area contributed by atoms with Gasteiger partial charge in [-0.1, -0.05) is 42.5 Å². The number of Topliss-reactive ketones (excluding diaryl/α,β-unsaturated/α-hetero) is 1. The Morgan fingerprint density at radius 2 is 1.88 bits per heavy atom. The van der Waals surface area contributed by atoms with E-state index >= 15 is 0 Å². The van der Waals surface area contributed by atoms with E-state index in [4.69, 9.17) is 11.1 Å². The Bertz CT molecular complexity index is 1650. The van der Waals surface area contributed by atoms with Crippen LogP contribution < -0.4 is 11.1 Å². The number of nitro benzene ring substituents is 1. The number of piperidine rings is 1. The molecule has 14 nitrogen and oxygen atoms in total. The predicted octanol–water partition coefficient (Wildman–Crippen LogP) is 2.63. The number of likely N-dealkylation sites (tertiary alicyclic amines) is 1. The van der Waals surface area contributed by atoms with Gasteiger partial charge in [-0.3, -0.25) is 34.7 Å². The topological polar surface area (TPSA) is 196 Å². The molecule has 0 radical (unpaired) electrons. The summed E-state index contributed by atoms with van der Waals surface area (Å²) in [6, 6.07) is 13.7. The van der Waals surface area contributed by atoms with Gasteiger partial charge in [-0.05, 0) is 49.1 Å². The number of nitrogens with one attached hydrogen (secondary N) is 2. The van der Waals surface area contributed by atoms with Crippen molar-refractivity contribution in [1.82, 2.24) is 25.0 Å². The fraction of sp³-hybridized carbons (Fsp3) is 0.412. The molecular formula is C34H40N8O6S. The Labute approximate surface area is 287 Å². The van der Waals surface area contributed by atoms with Crippen molar-refractivity contribution in [2.24, 2.45) is 11.7 Å². The third-order valence-electron chi connectivity index (χ3n) is 8.97. The zero-order valence-electron chi connectivity index (χ0n) is 27.0. The number of rotatable bonds is 14. The maximum absolute atomic E-state index is 13.9. The third kappa shape index (κ3) is 9.25. The molecule has 0 spiro atoms. The van der Waals surface area contributed by atoms with Crippen molar-refractivity contribution >= 4 is 46.5 Å². The van der Waals surface area contributed by atoms with Crippen molar-refractivity contribution in [1.29, 1.82) is 5.41 Å². The van der Waals surface area contributed by atoms with E-state index in [0.29, 0.717) is 38.9 Å². The second-order valence-electron chi connectivity index (χ2n) is 12.4. The molecule has 3 aromatic rings. The number of ketones is 1. The molecule has 0 saturated carbocycles. The fourth-order valence-electron chi connectivity index (χ4n) is 6.46. The summed E-state index contributed by atoms with van der Waals surface area (Å²) in [5, 5.41) is 23.6. The van der Waals surface area contributed by atoms with Crippen molar-refractivity contribution in [2.45, 2.75) is 50.6 Å². The number of nitrogens with zero attached hydrogens (tertiary/aromatic N) is 5. The number of aromatic nitrogens is 1. The molecule has 49 heavy (non-hydrogen) atoms. The normalized spacial score (nSPS) is 18.7. The molecule has 2 saturated heterocycles. The minimum absolute atomic E-state index is 0.000856. The van der Waals surface area contributed by atoms with E-state index in [1.54, 1.807) is 22.4 Å². The number of nitro groups is 1. The van der Waals surface area contributed by atoms with E-state index in [1.807, 2.05) is 30.3 Å². The maximum atomic E-state index is 13.9. The summed E-state index contributed by atoms with van der Waals surface area (Å²) < 4.78 is 0. The smallest absolute Gasteiger partial charge is 0.269 e. The van der Waals surface area contributed by atoms with Crippen LogP contribution in [0.15, 0.2) is 66.2 Å². The average Bonchev–Trinajstić information content (AvgIpc) is 3.64. The molecule has 1 aromatic heterocycles. The van der Waals surface area contributed by atoms with Crippen LogP contribution in [-0.4, -0.2) is 98.9 Å². The molecule has 15 heteroatoms. The van der Waals surface area contributed by atoms with Crippen LogP contribution in [0.25, 0.3) is 0 Å². The number of benzene rings is 2. The Kier molecular flexibility index (Phi) is 11.7. The molecule has 2 aliphatic heterocycles. The highest BCUT2D eigenvalue weighted by atomic mass is 32.1. The minimum atomic E-state index is -0.927. The van der Waals surface area contributed by atoms with E-state index in [1.165, 1.54) is 39.5 Å². The van der Waals surface area contributed by atoms with E-state index in [-0.39, 0.29) is 53.1 Å². The molecule has 5 rings (SSSR count). The Balaban J connectivity index is 1.28. The Morgan fingerprint density at radius 3 is 2.55 bits per heavy atom. The van der Waals surface area contributed by atoms with E-state index in [9.17, 15) is 29.3 Å². The molecule has 2 aliphatic rings. The highest BCUT2D eigenvalue weighted by Crippen LogP contribution is 2.24. The number of thiazole rings is 1. The lowest BCUT2D eigenvalue weighted by Crippen LogP contribution is -2.62. The van der Waals surface area contributed by atoms with Gasteiger partial charge >= 0.3 is 0 Å². The van der Waals surface area contributed by atoms with Crippen molar-refractivity contribution < 1.29 is 24.1 Å². The van der Waals surface area contributed by atoms with Crippen LogP contribution in [0.4, 0.5) is 5.69 Å². The van der Waals surface area contributed by atoms with Crippen LogP contribution >= 0.6 is 11.3 Å². The molecule has 2 fully saturated rings. The van der Waals surface area contributed by atoms with E-state index in [2.05, 4.69) is 10.3 Å². The molecule has 258 valence electrons. The Morgan fingerprint density at radius 1 is 1.12 bits per heavy atom. The van der Waals surface area contributed by atoms with Gasteiger partial charge in [0.2, 0.25) is 23.5 Å². The highest BCUT2D eigenvalue weighted by molar-refractivity contribution is 7.11. The van der Waals surface area contributed by atoms with Crippen molar-refractivity contribution in [3.63, 3.8) is 0 Å². The van der Waals surface area contributed by atoms with Gasteiger partial charge < -0.3 is 25.8 Å². The van der Waals surface area contributed by atoms with Crippen LogP contribution in [0.1, 0.15) is 46.6 Å². The van der Waals surface area contributed by atoms with Gasteiger partial charge in [0.25, 0.3) is 5.69 Å². The summed E-state index contributed by atoms with van der Waals surface area (Å²) in [4.78, 5) is 73.9. The molecule has 0 aliphatic carbocycles. The lowest BCUT2D eigenvalue weighted by Gasteiger charge is -2.40. The highest BCUT2D eigenvalue weighted by Gasteiger charge is 2.40. The van der Waals surface area contributed by atoms with Crippen LogP contribution in [0.3, 0.4) is 0 Å². The first kappa shape index (κ1) is 35.1. The van der Waals surface area contributed by atoms with Gasteiger partial charge in [0.05, 0.1) is 17.5 Å².